The van der Waals surface area contributed by atoms with Crippen molar-refractivity contribution in [1.82, 2.24) is 0 Å². The van der Waals surface area contributed by atoms with Gasteiger partial charge >= 0.3 is 5.63 Å². The molecular weight excluding hydrogens is 306 g/mol. The van der Waals surface area contributed by atoms with Crippen LogP contribution in [0.25, 0.3) is 11.0 Å². The van der Waals surface area contributed by atoms with Crippen LogP contribution in [0.4, 0.5) is 5.69 Å². The van der Waals surface area contributed by atoms with E-state index in [1.807, 2.05) is 31.2 Å². The van der Waals surface area contributed by atoms with E-state index in [1.54, 1.807) is 24.3 Å². The molecule has 3 aromatic rings. The Kier molecular flexibility index (Phi) is 4.16. The molecule has 3 rings (SSSR count). The minimum Gasteiger partial charge on any atom is -0.506 e. The maximum Gasteiger partial charge on any atom is 0.351 e. The number of hydrogen-bond acceptors (Lipinski definition) is 5. The topological polar surface area (TPSA) is 79.5 Å². The summed E-state index contributed by atoms with van der Waals surface area (Å²) in [6, 6.07) is 14.1. The lowest BCUT2D eigenvalue weighted by atomic mass is 10.1. The summed E-state index contributed by atoms with van der Waals surface area (Å²) >= 11 is 0. The summed E-state index contributed by atoms with van der Waals surface area (Å²) in [6.45, 7) is 1.98. The van der Waals surface area contributed by atoms with Gasteiger partial charge in [-0.05, 0) is 31.2 Å². The van der Waals surface area contributed by atoms with Crippen LogP contribution in [-0.4, -0.2) is 10.9 Å². The van der Waals surface area contributed by atoms with Gasteiger partial charge in [0, 0.05) is 18.0 Å². The summed E-state index contributed by atoms with van der Waals surface area (Å²) in [5.41, 5.74) is 0.920. The molecule has 120 valence electrons. The SMILES string of the molecule is Cc1ccc(N/C=C/C(=O)c2c(O)c3ccccc3oc2=O)cc1. The van der Waals surface area contributed by atoms with Gasteiger partial charge in [0.05, 0.1) is 5.39 Å². The summed E-state index contributed by atoms with van der Waals surface area (Å²) in [6.07, 6.45) is 2.60. The minimum absolute atomic E-state index is 0.235. The highest BCUT2D eigenvalue weighted by Crippen LogP contribution is 2.26. The second-order valence-electron chi connectivity index (χ2n) is 5.32. The third-order valence-corrected chi connectivity index (χ3v) is 3.57. The number of hydrogen-bond donors (Lipinski definition) is 2. The molecule has 0 aliphatic heterocycles. The van der Waals surface area contributed by atoms with Gasteiger partial charge in [0.25, 0.3) is 0 Å². The van der Waals surface area contributed by atoms with E-state index in [4.69, 9.17) is 4.42 Å². The van der Waals surface area contributed by atoms with Gasteiger partial charge < -0.3 is 14.8 Å². The predicted octanol–water partition coefficient (Wildman–Crippen LogP) is 3.62. The van der Waals surface area contributed by atoms with Crippen LogP contribution in [0.5, 0.6) is 5.75 Å². The smallest absolute Gasteiger partial charge is 0.351 e. The first-order valence-electron chi connectivity index (χ1n) is 7.35. The number of aromatic hydroxyl groups is 1. The molecule has 0 saturated heterocycles. The van der Waals surface area contributed by atoms with Crippen LogP contribution in [-0.2, 0) is 0 Å². The van der Waals surface area contributed by atoms with E-state index in [-0.39, 0.29) is 16.9 Å². The number of para-hydroxylation sites is 1. The molecular formula is C19H15NO4. The van der Waals surface area contributed by atoms with Crippen molar-refractivity contribution in [3.8, 4) is 5.75 Å². The molecule has 0 aliphatic rings. The minimum atomic E-state index is -0.865. The quantitative estimate of drug-likeness (QED) is 0.436. The molecule has 1 aromatic heterocycles. The molecule has 0 aliphatic carbocycles. The molecule has 0 fully saturated rings. The van der Waals surface area contributed by atoms with E-state index < -0.39 is 11.4 Å². The van der Waals surface area contributed by atoms with E-state index in [0.717, 1.165) is 11.3 Å². The van der Waals surface area contributed by atoms with Crippen LogP contribution in [0.2, 0.25) is 0 Å². The second kappa shape index (κ2) is 6.42. The van der Waals surface area contributed by atoms with Gasteiger partial charge in [-0.1, -0.05) is 29.8 Å². The molecule has 0 radical (unpaired) electrons. The largest absolute Gasteiger partial charge is 0.506 e. The zero-order chi connectivity index (χ0) is 17.1. The Bertz CT molecular complexity index is 984. The number of fused-ring (bicyclic) bond motifs is 1. The van der Waals surface area contributed by atoms with E-state index in [0.29, 0.717) is 5.39 Å². The lowest BCUT2D eigenvalue weighted by molar-refractivity contribution is 0.104. The van der Waals surface area contributed by atoms with Gasteiger partial charge in [0.1, 0.15) is 16.9 Å². The molecule has 0 saturated carbocycles. The van der Waals surface area contributed by atoms with Crippen molar-refractivity contribution in [3.63, 3.8) is 0 Å². The van der Waals surface area contributed by atoms with E-state index in [2.05, 4.69) is 5.32 Å². The Balaban J connectivity index is 1.87. The Morgan fingerprint density at radius 3 is 2.58 bits per heavy atom. The number of rotatable bonds is 4. The highest BCUT2D eigenvalue weighted by molar-refractivity contribution is 6.09. The molecule has 5 heteroatoms. The average molecular weight is 321 g/mol. The number of benzene rings is 2. The van der Waals surface area contributed by atoms with Gasteiger partial charge in [-0.15, -0.1) is 0 Å². The first kappa shape index (κ1) is 15.6. The fraction of sp³-hybridized carbons (Fsp3) is 0.0526. The van der Waals surface area contributed by atoms with Crippen LogP contribution in [0.3, 0.4) is 0 Å². The average Bonchev–Trinajstić information content (AvgIpc) is 2.57. The predicted molar refractivity (Wildman–Crippen MR) is 92.4 cm³/mol. The number of aryl methyl sites for hydroxylation is 1. The van der Waals surface area contributed by atoms with Crippen molar-refractivity contribution in [2.24, 2.45) is 0 Å². The molecule has 0 unspecified atom stereocenters. The van der Waals surface area contributed by atoms with Crippen molar-refractivity contribution < 1.29 is 14.3 Å². The number of carbonyl (C=O) groups is 1. The van der Waals surface area contributed by atoms with E-state index in [9.17, 15) is 14.7 Å². The van der Waals surface area contributed by atoms with Crippen molar-refractivity contribution >= 4 is 22.4 Å². The normalized spacial score (nSPS) is 11.0. The first-order chi connectivity index (χ1) is 11.6. The second-order valence-corrected chi connectivity index (χ2v) is 5.32. The maximum absolute atomic E-state index is 12.2. The lowest BCUT2D eigenvalue weighted by Gasteiger charge is -2.04. The number of anilines is 1. The third kappa shape index (κ3) is 3.05. The van der Waals surface area contributed by atoms with Crippen molar-refractivity contribution in [2.75, 3.05) is 5.32 Å². The van der Waals surface area contributed by atoms with Crippen molar-refractivity contribution in [3.05, 3.63) is 82.4 Å². The zero-order valence-corrected chi connectivity index (χ0v) is 12.9. The van der Waals surface area contributed by atoms with Gasteiger partial charge in [-0.25, -0.2) is 4.79 Å². The molecule has 0 amide bonds. The van der Waals surface area contributed by atoms with Gasteiger partial charge in [0.15, 0.2) is 5.78 Å². The highest BCUT2D eigenvalue weighted by atomic mass is 16.4. The molecule has 2 aromatic carbocycles. The Morgan fingerprint density at radius 2 is 1.83 bits per heavy atom. The van der Waals surface area contributed by atoms with E-state index >= 15 is 0 Å². The molecule has 5 nitrogen and oxygen atoms in total. The monoisotopic (exact) mass is 321 g/mol. The van der Waals surface area contributed by atoms with Crippen LogP contribution < -0.4 is 10.9 Å². The number of allylic oxidation sites excluding steroid dienone is 1. The van der Waals surface area contributed by atoms with Crippen molar-refractivity contribution in [1.29, 1.82) is 0 Å². The Hall–Kier alpha value is -3.34. The highest BCUT2D eigenvalue weighted by Gasteiger charge is 2.18. The van der Waals surface area contributed by atoms with Crippen molar-refractivity contribution in [2.45, 2.75) is 6.92 Å². The van der Waals surface area contributed by atoms with Gasteiger partial charge in [0.2, 0.25) is 0 Å². The summed E-state index contributed by atoms with van der Waals surface area (Å²) in [4.78, 5) is 24.2. The summed E-state index contributed by atoms with van der Waals surface area (Å²) in [7, 11) is 0. The molecule has 0 spiro atoms. The number of ketones is 1. The molecule has 1 heterocycles. The Labute approximate surface area is 137 Å². The van der Waals surface area contributed by atoms with Gasteiger partial charge in [-0.2, -0.15) is 0 Å². The molecule has 0 bridgehead atoms. The fourth-order valence-corrected chi connectivity index (χ4v) is 2.30. The molecule has 24 heavy (non-hydrogen) atoms. The van der Waals surface area contributed by atoms with Crippen LogP contribution >= 0.6 is 0 Å². The van der Waals surface area contributed by atoms with Crippen LogP contribution in [0.15, 0.2) is 70.0 Å². The number of nitrogens with one attached hydrogen (secondary N) is 1. The standard InChI is InChI=1S/C19H15NO4/c1-12-6-8-13(9-7-12)20-11-10-15(21)17-18(22)14-4-2-3-5-16(14)24-19(17)23/h2-11,20,22H,1H3/b11-10+. The maximum atomic E-state index is 12.2. The van der Waals surface area contributed by atoms with Gasteiger partial charge in [-0.3, -0.25) is 4.79 Å². The number of carbonyl (C=O) groups excluding carboxylic acids is 1. The Morgan fingerprint density at radius 1 is 1.12 bits per heavy atom. The summed E-state index contributed by atoms with van der Waals surface area (Å²) in [5, 5.41) is 13.5. The fourth-order valence-electron chi connectivity index (χ4n) is 2.30. The molecule has 0 atom stereocenters. The zero-order valence-electron chi connectivity index (χ0n) is 12.9. The van der Waals surface area contributed by atoms with E-state index in [1.165, 1.54) is 12.3 Å². The van der Waals surface area contributed by atoms with Crippen LogP contribution in [0.1, 0.15) is 15.9 Å². The molecule has 2 N–H and O–H groups in total. The summed E-state index contributed by atoms with van der Waals surface area (Å²) in [5.74, 6) is -1.00. The lowest BCUT2D eigenvalue weighted by Crippen LogP contribution is -2.13. The first-order valence-corrected chi connectivity index (χ1v) is 7.35. The third-order valence-electron chi connectivity index (χ3n) is 3.57. The summed E-state index contributed by atoms with van der Waals surface area (Å²) < 4.78 is 5.08. The van der Waals surface area contributed by atoms with Crippen LogP contribution in [0, 0.1) is 6.92 Å².